The van der Waals surface area contributed by atoms with Crippen molar-refractivity contribution >= 4 is 47.3 Å². The first-order valence-corrected chi connectivity index (χ1v) is 23.9. The zero-order valence-corrected chi connectivity index (χ0v) is 41.9. The second kappa shape index (κ2) is 26.4. The van der Waals surface area contributed by atoms with Gasteiger partial charge < -0.3 is 39.9 Å². The number of carbonyl (C=O) groups excluding carboxylic acids is 7. The summed E-state index contributed by atoms with van der Waals surface area (Å²) >= 11 is 0. The van der Waals surface area contributed by atoms with Gasteiger partial charge in [-0.05, 0) is 55.9 Å². The largest absolute Gasteiger partial charge is 0.480 e. The summed E-state index contributed by atoms with van der Waals surface area (Å²) in [4.78, 5) is 112. The number of hydrogen-bond acceptors (Lipinski definition) is 10. The predicted molar refractivity (Wildman–Crippen MR) is 253 cm³/mol. The molecule has 1 fully saturated rings. The Morgan fingerprint density at radius 1 is 0.836 bits per heavy atom. The number of nitrogens with zero attached hydrogens (tertiary/aromatic N) is 4. The number of aryl methyl sites for hydroxylation is 1. The van der Waals surface area contributed by atoms with Crippen LogP contribution in [0.2, 0.25) is 0 Å². The van der Waals surface area contributed by atoms with Gasteiger partial charge in [0.25, 0.3) is 11.8 Å². The number of methoxy groups -OCH3 is 2. The summed E-state index contributed by atoms with van der Waals surface area (Å²) in [5.41, 5.74) is 1.80. The van der Waals surface area contributed by atoms with Crippen LogP contribution in [0, 0.1) is 30.6 Å². The smallest absolute Gasteiger partial charge is 0.326 e. The van der Waals surface area contributed by atoms with Crippen molar-refractivity contribution in [2.24, 2.45) is 23.7 Å². The molecular formula is C50H78N6O11. The first-order valence-electron chi connectivity index (χ1n) is 23.9. The molecule has 1 saturated heterocycles. The van der Waals surface area contributed by atoms with Gasteiger partial charge in [-0.3, -0.25) is 38.5 Å². The fourth-order valence-electron chi connectivity index (χ4n) is 9.37. The molecule has 0 radical (unpaired) electrons. The Morgan fingerprint density at radius 3 is 2.00 bits per heavy atom. The maximum atomic E-state index is 14.6. The molecule has 0 spiro atoms. The minimum absolute atomic E-state index is 0.0823. The number of ether oxygens (including phenoxy) is 2. The Hall–Kier alpha value is -5.16. The SMILES string of the molecule is CC[C@H](C)[C@@H](C(CC(=O)N1CCC[C@H]1[C@H](OC)[C@@H](C)C(=O)NC(Cc1ccc(C)cc1)C(=O)O)OC)N(C)C(=O)[C@@H](NC(=O)[C@H](C(C)C)N(C)C(=O)CCCCCN1C(=O)C=CC1=O)C(C)C. The van der Waals surface area contributed by atoms with E-state index in [4.69, 9.17) is 9.47 Å². The van der Waals surface area contributed by atoms with Crippen LogP contribution in [-0.2, 0) is 54.3 Å². The topological polar surface area (TPSA) is 212 Å². The maximum absolute atomic E-state index is 14.6. The van der Waals surface area contributed by atoms with Crippen LogP contribution in [-0.4, -0.2) is 156 Å². The number of carboxylic acid groups (broad SMARTS) is 1. The third-order valence-electron chi connectivity index (χ3n) is 13.5. The highest BCUT2D eigenvalue weighted by molar-refractivity contribution is 6.12. The van der Waals surface area contributed by atoms with E-state index in [1.807, 2.05) is 72.7 Å². The van der Waals surface area contributed by atoms with E-state index < -0.39 is 66.1 Å². The molecule has 7 amide bonds. The van der Waals surface area contributed by atoms with Gasteiger partial charge in [-0.2, -0.15) is 0 Å². The van der Waals surface area contributed by atoms with Gasteiger partial charge in [0, 0.05) is 66.4 Å². The van der Waals surface area contributed by atoms with Crippen LogP contribution >= 0.6 is 0 Å². The number of likely N-dealkylation sites (N-methyl/N-ethyl adjacent to an activating group) is 2. The molecule has 1 aromatic rings. The van der Waals surface area contributed by atoms with E-state index in [0.717, 1.165) is 11.1 Å². The quantitative estimate of drug-likeness (QED) is 0.0843. The number of benzene rings is 1. The predicted octanol–water partition coefficient (Wildman–Crippen LogP) is 4.14. The van der Waals surface area contributed by atoms with Gasteiger partial charge in [0.15, 0.2) is 0 Å². The highest BCUT2D eigenvalue weighted by Gasteiger charge is 2.44. The summed E-state index contributed by atoms with van der Waals surface area (Å²) in [5.74, 6) is -5.24. The fourth-order valence-corrected chi connectivity index (χ4v) is 9.37. The lowest BCUT2D eigenvalue weighted by Crippen LogP contribution is -2.60. The van der Waals surface area contributed by atoms with Crippen LogP contribution in [0.1, 0.15) is 111 Å². The monoisotopic (exact) mass is 939 g/mol. The molecule has 0 aliphatic carbocycles. The Kier molecular flexibility index (Phi) is 22.1. The summed E-state index contributed by atoms with van der Waals surface area (Å²) in [6.45, 7) is 15.6. The van der Waals surface area contributed by atoms with Gasteiger partial charge >= 0.3 is 5.97 Å². The number of carboxylic acids is 1. The molecule has 2 aliphatic rings. The number of hydrogen-bond donors (Lipinski definition) is 3. The second-order valence-corrected chi connectivity index (χ2v) is 19.1. The molecule has 0 aromatic heterocycles. The Bertz CT molecular complexity index is 1890. The summed E-state index contributed by atoms with van der Waals surface area (Å²) in [5, 5.41) is 15.6. The van der Waals surface area contributed by atoms with Crippen LogP contribution in [0.4, 0.5) is 0 Å². The molecule has 17 heteroatoms. The molecule has 1 aromatic carbocycles. The number of rotatable bonds is 27. The van der Waals surface area contributed by atoms with Crippen molar-refractivity contribution in [3.05, 3.63) is 47.5 Å². The summed E-state index contributed by atoms with van der Waals surface area (Å²) in [6.07, 6.45) is 4.71. The van der Waals surface area contributed by atoms with Gasteiger partial charge in [0.2, 0.25) is 29.5 Å². The molecule has 3 rings (SSSR count). The number of imide groups is 1. The first-order chi connectivity index (χ1) is 31.6. The lowest BCUT2D eigenvalue weighted by Gasteiger charge is -2.41. The van der Waals surface area contributed by atoms with Crippen molar-refractivity contribution in [3.8, 4) is 0 Å². The van der Waals surface area contributed by atoms with E-state index in [1.54, 1.807) is 30.8 Å². The van der Waals surface area contributed by atoms with Crippen molar-refractivity contribution in [1.29, 1.82) is 0 Å². The summed E-state index contributed by atoms with van der Waals surface area (Å²) in [7, 11) is 6.21. The number of aliphatic carboxylic acids is 1. The van der Waals surface area contributed by atoms with E-state index in [-0.39, 0.29) is 73.1 Å². The van der Waals surface area contributed by atoms with Gasteiger partial charge in [-0.15, -0.1) is 0 Å². The molecule has 2 heterocycles. The maximum Gasteiger partial charge on any atom is 0.326 e. The molecule has 67 heavy (non-hydrogen) atoms. The van der Waals surface area contributed by atoms with Crippen molar-refractivity contribution in [1.82, 2.24) is 30.2 Å². The van der Waals surface area contributed by atoms with Crippen LogP contribution in [0.3, 0.4) is 0 Å². The molecule has 9 atom stereocenters. The number of likely N-dealkylation sites (tertiary alicyclic amines) is 1. The minimum Gasteiger partial charge on any atom is -0.480 e. The molecule has 2 aliphatic heterocycles. The fraction of sp³-hybridized carbons (Fsp3) is 0.680. The highest BCUT2D eigenvalue weighted by atomic mass is 16.5. The third-order valence-corrected chi connectivity index (χ3v) is 13.5. The second-order valence-electron chi connectivity index (χ2n) is 19.1. The van der Waals surface area contributed by atoms with Gasteiger partial charge in [0.1, 0.15) is 18.1 Å². The van der Waals surface area contributed by atoms with Crippen LogP contribution < -0.4 is 10.6 Å². The van der Waals surface area contributed by atoms with Crippen LogP contribution in [0.15, 0.2) is 36.4 Å². The molecule has 0 bridgehead atoms. The first kappa shape index (κ1) is 56.2. The van der Waals surface area contributed by atoms with Crippen molar-refractivity contribution in [3.63, 3.8) is 0 Å². The molecule has 374 valence electrons. The van der Waals surface area contributed by atoms with Gasteiger partial charge in [-0.1, -0.05) is 91.1 Å². The van der Waals surface area contributed by atoms with Gasteiger partial charge in [-0.25, -0.2) is 4.79 Å². The molecule has 0 saturated carbocycles. The lowest BCUT2D eigenvalue weighted by molar-refractivity contribution is -0.149. The molecule has 3 N–H and O–H groups in total. The Balaban J connectivity index is 1.71. The average molecular weight is 939 g/mol. The lowest BCUT2D eigenvalue weighted by atomic mass is 9.89. The van der Waals surface area contributed by atoms with Crippen LogP contribution in [0.5, 0.6) is 0 Å². The summed E-state index contributed by atoms with van der Waals surface area (Å²) < 4.78 is 11.9. The molecular weight excluding hydrogens is 861 g/mol. The Morgan fingerprint density at radius 2 is 1.46 bits per heavy atom. The number of amides is 7. The standard InChI is InChI=1S/C50H78N6O11/c1-13-33(7)45(54(10)49(63)43(30(2)3)52-48(62)44(31(4)5)53(9)39(57)19-15-14-16-26-56-40(58)24-25-41(56)59)38(66-11)29-42(60)55-27-17-18-37(55)46(67-12)34(8)47(61)51-36(50(64)65)28-35-22-20-32(6)21-23-35/h20-25,30-31,33-34,36-38,43-46H,13-19,26-29H2,1-12H3,(H,51,61)(H,52,62)(H,64,65)/t33-,34+,36?,37-,38?,43-,44-,45-,46+/m0/s1. The van der Waals surface area contributed by atoms with E-state index in [1.165, 1.54) is 36.2 Å². The summed E-state index contributed by atoms with van der Waals surface area (Å²) in [6, 6.07) is 3.37. The number of unbranched alkanes of at least 4 members (excludes halogenated alkanes) is 2. The number of carbonyl (C=O) groups is 8. The normalized spacial score (nSPS) is 18.6. The van der Waals surface area contributed by atoms with Crippen molar-refractivity contribution in [2.45, 2.75) is 156 Å². The average Bonchev–Trinajstić information content (AvgIpc) is 3.90. The highest BCUT2D eigenvalue weighted by Crippen LogP contribution is 2.30. The van der Waals surface area contributed by atoms with Crippen molar-refractivity contribution in [2.75, 3.05) is 41.4 Å². The Labute approximate surface area is 397 Å². The van der Waals surface area contributed by atoms with E-state index >= 15 is 0 Å². The molecule has 17 nitrogen and oxygen atoms in total. The van der Waals surface area contributed by atoms with Crippen molar-refractivity contribution < 1.29 is 52.9 Å². The third kappa shape index (κ3) is 15.2. The van der Waals surface area contributed by atoms with E-state index in [9.17, 15) is 43.5 Å². The molecule has 2 unspecified atom stereocenters. The zero-order chi connectivity index (χ0) is 50.3. The number of nitrogens with one attached hydrogen (secondary N) is 2. The van der Waals surface area contributed by atoms with E-state index in [2.05, 4.69) is 10.6 Å². The van der Waals surface area contributed by atoms with Gasteiger partial charge in [0.05, 0.1) is 36.6 Å². The zero-order valence-electron chi connectivity index (χ0n) is 41.9. The minimum atomic E-state index is -1.16. The van der Waals surface area contributed by atoms with Crippen LogP contribution in [0.25, 0.3) is 0 Å². The van der Waals surface area contributed by atoms with E-state index in [0.29, 0.717) is 45.1 Å².